The average Bonchev–Trinajstić information content (AvgIpc) is 3.52. The Balaban J connectivity index is 1.45. The zero-order chi connectivity index (χ0) is 29.1. The number of benzene rings is 2. The molecular weight excluding hydrogens is 546 g/mol. The lowest BCUT2D eigenvalue weighted by atomic mass is 10.0. The summed E-state index contributed by atoms with van der Waals surface area (Å²) in [5.74, 6) is -0.493. The number of halogens is 1. The summed E-state index contributed by atoms with van der Waals surface area (Å²) in [5.41, 5.74) is 5.01. The van der Waals surface area contributed by atoms with Crippen LogP contribution in [-0.4, -0.2) is 51.1 Å². The highest BCUT2D eigenvalue weighted by Crippen LogP contribution is 2.31. The fraction of sp³-hybridized carbons (Fsp3) is 0.267. The second-order valence-electron chi connectivity index (χ2n) is 10.0. The number of esters is 1. The number of aliphatic hydroxyl groups is 1. The predicted octanol–water partition coefficient (Wildman–Crippen LogP) is 4.28. The highest BCUT2D eigenvalue weighted by Gasteiger charge is 2.22. The number of aryl methyl sites for hydroxylation is 1. The number of ether oxygens (including phenoxy) is 1. The second-order valence-corrected chi connectivity index (χ2v) is 10.5. The van der Waals surface area contributed by atoms with Crippen LogP contribution in [0.4, 0.5) is 5.69 Å². The van der Waals surface area contributed by atoms with Gasteiger partial charge >= 0.3 is 5.97 Å². The third-order valence-electron chi connectivity index (χ3n) is 7.03. The van der Waals surface area contributed by atoms with E-state index in [4.69, 9.17) is 16.3 Å². The van der Waals surface area contributed by atoms with Gasteiger partial charge in [0.05, 0.1) is 56.1 Å². The largest absolute Gasteiger partial charge is 0.469 e. The van der Waals surface area contributed by atoms with E-state index < -0.39 is 24.0 Å². The normalized spacial score (nSPS) is 17.9. The Morgan fingerprint density at radius 2 is 2.00 bits per heavy atom. The van der Waals surface area contributed by atoms with Gasteiger partial charge in [0.2, 0.25) is 11.8 Å². The summed E-state index contributed by atoms with van der Waals surface area (Å²) < 4.78 is 4.77. The molecule has 4 aromatic rings. The molecule has 5 N–H and O–H groups in total. The van der Waals surface area contributed by atoms with Crippen molar-refractivity contribution in [2.75, 3.05) is 12.4 Å². The van der Waals surface area contributed by atoms with Gasteiger partial charge < -0.3 is 30.4 Å². The minimum Gasteiger partial charge on any atom is -0.469 e. The molecule has 2 amide bonds. The molecular formula is C30H30ClN5O5. The monoisotopic (exact) mass is 575 g/mol. The molecule has 41 heavy (non-hydrogen) atoms. The number of hydrogen-bond acceptors (Lipinski definition) is 6. The van der Waals surface area contributed by atoms with Crippen LogP contribution in [0.2, 0.25) is 5.02 Å². The molecule has 10 nitrogen and oxygen atoms in total. The number of anilines is 1. The zero-order valence-electron chi connectivity index (χ0n) is 22.6. The zero-order valence-corrected chi connectivity index (χ0v) is 23.3. The molecule has 2 aromatic heterocycles. The van der Waals surface area contributed by atoms with Gasteiger partial charge in [0, 0.05) is 27.2 Å². The molecule has 0 aliphatic carbocycles. The Bertz CT molecular complexity index is 1660. The summed E-state index contributed by atoms with van der Waals surface area (Å²) in [5, 5.41) is 17.8. The van der Waals surface area contributed by atoms with Crippen LogP contribution < -0.4 is 10.6 Å². The first-order chi connectivity index (χ1) is 19.7. The van der Waals surface area contributed by atoms with Crippen LogP contribution in [-0.2, 0) is 32.0 Å². The van der Waals surface area contributed by atoms with Crippen LogP contribution >= 0.6 is 11.6 Å². The molecule has 0 saturated carbocycles. The number of amides is 2. The number of fused-ring (bicyclic) bond motifs is 5. The van der Waals surface area contributed by atoms with Crippen molar-refractivity contribution in [2.24, 2.45) is 0 Å². The molecule has 212 valence electrons. The van der Waals surface area contributed by atoms with Gasteiger partial charge in [-0.25, -0.2) is 4.98 Å². The molecule has 2 atom stereocenters. The highest BCUT2D eigenvalue weighted by molar-refractivity contribution is 6.31. The Morgan fingerprint density at radius 3 is 2.80 bits per heavy atom. The first-order valence-corrected chi connectivity index (χ1v) is 13.5. The fourth-order valence-electron chi connectivity index (χ4n) is 4.99. The standard InChI is InChI=1S/C30H30ClN5O5/c1-16-21(22-12-18(31)7-9-23(22)33-16)14-28(39)34-24-5-3-4-19(37)13-27(38)35-25-10-17(11-29(40)41-2)6-8-20(25)26-15-32-30(24)36-26/h3-4,6-10,12,15,19,24,33,37H,5,11,13-14H2,1-2H3,(H,32,36)(H,34,39)(H,35,38)/b4-3+/t19?,24-/m0/s1. The maximum atomic E-state index is 13.3. The summed E-state index contributed by atoms with van der Waals surface area (Å²) >= 11 is 6.21. The lowest BCUT2D eigenvalue weighted by Crippen LogP contribution is -2.30. The van der Waals surface area contributed by atoms with Crippen LogP contribution in [0.25, 0.3) is 22.2 Å². The first-order valence-electron chi connectivity index (χ1n) is 13.2. The van der Waals surface area contributed by atoms with E-state index in [-0.39, 0.29) is 25.2 Å². The van der Waals surface area contributed by atoms with E-state index >= 15 is 0 Å². The number of aromatic amines is 2. The molecule has 5 rings (SSSR count). The quantitative estimate of drug-likeness (QED) is 0.177. The third kappa shape index (κ3) is 6.50. The summed E-state index contributed by atoms with van der Waals surface area (Å²) in [6.07, 6.45) is 4.20. The molecule has 2 aromatic carbocycles. The number of rotatable bonds is 5. The van der Waals surface area contributed by atoms with Crippen molar-refractivity contribution in [1.29, 1.82) is 0 Å². The van der Waals surface area contributed by atoms with E-state index in [1.54, 1.807) is 36.5 Å². The molecule has 0 fully saturated rings. The molecule has 1 unspecified atom stereocenters. The smallest absolute Gasteiger partial charge is 0.309 e. The number of carbonyl (C=O) groups is 3. The van der Waals surface area contributed by atoms with Crippen molar-refractivity contribution in [1.82, 2.24) is 20.3 Å². The Kier molecular flexibility index (Phi) is 8.23. The number of nitrogens with zero attached hydrogens (tertiary/aromatic N) is 1. The van der Waals surface area contributed by atoms with E-state index in [0.29, 0.717) is 39.8 Å². The van der Waals surface area contributed by atoms with Gasteiger partial charge in [-0.15, -0.1) is 0 Å². The second kappa shape index (κ2) is 12.0. The van der Waals surface area contributed by atoms with Gasteiger partial charge in [-0.2, -0.15) is 0 Å². The van der Waals surface area contributed by atoms with Crippen LogP contribution in [0.3, 0.4) is 0 Å². The van der Waals surface area contributed by atoms with Crippen LogP contribution in [0.1, 0.15) is 41.5 Å². The third-order valence-corrected chi connectivity index (χ3v) is 7.26. The van der Waals surface area contributed by atoms with E-state index in [1.807, 2.05) is 19.1 Å². The SMILES string of the molecule is COC(=O)Cc1ccc2c(c1)NC(=O)CC(O)/C=C/C[C@H](NC(=O)Cc1c(C)[nH]c3ccc(Cl)cc13)c1ncc-2[nH]1. The van der Waals surface area contributed by atoms with Crippen molar-refractivity contribution in [2.45, 2.75) is 44.8 Å². The van der Waals surface area contributed by atoms with E-state index in [2.05, 4.69) is 25.6 Å². The van der Waals surface area contributed by atoms with Crippen molar-refractivity contribution < 1.29 is 24.2 Å². The number of aromatic nitrogens is 3. The summed E-state index contributed by atoms with van der Waals surface area (Å²) in [4.78, 5) is 49.0. The number of imidazole rings is 1. The van der Waals surface area contributed by atoms with Gasteiger partial charge in [-0.05, 0) is 48.7 Å². The maximum absolute atomic E-state index is 13.3. The Morgan fingerprint density at radius 1 is 1.17 bits per heavy atom. The topological polar surface area (TPSA) is 149 Å². The average molecular weight is 576 g/mol. The predicted molar refractivity (Wildman–Crippen MR) is 155 cm³/mol. The van der Waals surface area contributed by atoms with E-state index in [9.17, 15) is 19.5 Å². The van der Waals surface area contributed by atoms with Gasteiger partial charge in [-0.3, -0.25) is 14.4 Å². The molecule has 1 aliphatic rings. The van der Waals surface area contributed by atoms with Gasteiger partial charge in [0.1, 0.15) is 5.82 Å². The number of H-pyrrole nitrogens is 2. The van der Waals surface area contributed by atoms with Gasteiger partial charge in [-0.1, -0.05) is 35.9 Å². The number of carbonyl (C=O) groups excluding carboxylic acids is 3. The van der Waals surface area contributed by atoms with Gasteiger partial charge in [0.15, 0.2) is 0 Å². The molecule has 0 spiro atoms. The van der Waals surface area contributed by atoms with Crippen LogP contribution in [0, 0.1) is 6.92 Å². The summed E-state index contributed by atoms with van der Waals surface area (Å²) in [6.45, 7) is 1.92. The Labute approximate surface area is 241 Å². The molecule has 0 saturated heterocycles. The number of methoxy groups -OCH3 is 1. The number of hydrogen-bond donors (Lipinski definition) is 5. The van der Waals surface area contributed by atoms with Crippen molar-refractivity contribution in [3.05, 3.63) is 82.4 Å². The first kappa shape index (κ1) is 28.1. The molecule has 11 heteroatoms. The number of aliphatic hydroxyl groups excluding tert-OH is 1. The molecule has 0 radical (unpaired) electrons. The van der Waals surface area contributed by atoms with Crippen LogP contribution in [0.5, 0.6) is 0 Å². The van der Waals surface area contributed by atoms with Crippen LogP contribution in [0.15, 0.2) is 54.7 Å². The highest BCUT2D eigenvalue weighted by atomic mass is 35.5. The molecule has 2 bridgehead atoms. The minimum atomic E-state index is -1.03. The maximum Gasteiger partial charge on any atom is 0.309 e. The molecule has 3 heterocycles. The summed E-state index contributed by atoms with van der Waals surface area (Å²) in [7, 11) is 1.31. The number of nitrogens with one attached hydrogen (secondary N) is 4. The summed E-state index contributed by atoms with van der Waals surface area (Å²) in [6, 6.07) is 10.2. The lowest BCUT2D eigenvalue weighted by Gasteiger charge is -2.16. The van der Waals surface area contributed by atoms with Crippen molar-refractivity contribution >= 4 is 46.0 Å². The van der Waals surface area contributed by atoms with Crippen molar-refractivity contribution in [3.63, 3.8) is 0 Å². The van der Waals surface area contributed by atoms with E-state index in [0.717, 1.165) is 22.2 Å². The van der Waals surface area contributed by atoms with E-state index in [1.165, 1.54) is 13.2 Å². The Hall–Kier alpha value is -4.41. The van der Waals surface area contributed by atoms with Crippen molar-refractivity contribution in [3.8, 4) is 11.3 Å². The minimum absolute atomic E-state index is 0.0372. The fourth-order valence-corrected chi connectivity index (χ4v) is 5.16. The molecule has 1 aliphatic heterocycles. The van der Waals surface area contributed by atoms with Gasteiger partial charge in [0.25, 0.3) is 0 Å². The lowest BCUT2D eigenvalue weighted by molar-refractivity contribution is -0.139.